The first-order chi connectivity index (χ1) is 15.5. The van der Waals surface area contributed by atoms with E-state index in [1.165, 1.54) is 0 Å². The molecule has 0 bridgehead atoms. The van der Waals surface area contributed by atoms with E-state index in [4.69, 9.17) is 23.2 Å². The molecular weight excluding hydrogens is 445 g/mol. The van der Waals surface area contributed by atoms with E-state index in [1.54, 1.807) is 0 Å². The molecule has 1 N–H and O–H groups in total. The summed E-state index contributed by atoms with van der Waals surface area (Å²) < 4.78 is 0. The smallest absolute Gasteiger partial charge is 0.240 e. The second-order valence-electron chi connectivity index (χ2n) is 7.73. The minimum absolute atomic E-state index is 0.120. The summed E-state index contributed by atoms with van der Waals surface area (Å²) in [6.45, 7) is 7.23. The first-order valence-corrected chi connectivity index (χ1v) is 11.4. The molecule has 0 aliphatic carbocycles. The van der Waals surface area contributed by atoms with Crippen LogP contribution in [-0.2, 0) is 4.79 Å². The summed E-state index contributed by atoms with van der Waals surface area (Å²) in [5.41, 5.74) is 3.18. The van der Waals surface area contributed by atoms with Crippen LogP contribution in [0.3, 0.4) is 0 Å². The Bertz CT molecular complexity index is 1000. The van der Waals surface area contributed by atoms with Crippen molar-refractivity contribution in [3.05, 3.63) is 64.6 Å². The van der Waals surface area contributed by atoms with Gasteiger partial charge < -0.3 is 4.90 Å². The molecule has 166 valence electrons. The van der Waals surface area contributed by atoms with E-state index in [0.29, 0.717) is 28.0 Å². The van der Waals surface area contributed by atoms with Crippen LogP contribution >= 0.6 is 23.2 Å². The van der Waals surface area contributed by atoms with Crippen LogP contribution < -0.4 is 5.32 Å². The van der Waals surface area contributed by atoms with Crippen LogP contribution in [0.15, 0.2) is 54.6 Å². The Labute approximate surface area is 198 Å². The molecule has 2 heterocycles. The van der Waals surface area contributed by atoms with Crippen LogP contribution in [0.1, 0.15) is 6.92 Å². The van der Waals surface area contributed by atoms with Gasteiger partial charge in [0.2, 0.25) is 11.9 Å². The molecular formula is C24H25Cl2N5O. The Kier molecular flexibility index (Phi) is 7.37. The molecule has 1 fully saturated rings. The SMILES string of the molecule is CCN1CCN(CC(=O)Nc2nc(-c3ccc(Cl)cc3)cc(-c3ccc(Cl)cc3)n2)CC1. The van der Waals surface area contributed by atoms with Gasteiger partial charge in [0.05, 0.1) is 17.9 Å². The summed E-state index contributed by atoms with van der Waals surface area (Å²) in [7, 11) is 0. The number of hydrogen-bond donors (Lipinski definition) is 1. The number of nitrogens with zero attached hydrogens (tertiary/aromatic N) is 4. The van der Waals surface area contributed by atoms with Gasteiger partial charge in [-0.1, -0.05) is 54.4 Å². The molecule has 32 heavy (non-hydrogen) atoms. The highest BCUT2D eigenvalue weighted by molar-refractivity contribution is 6.30. The van der Waals surface area contributed by atoms with Crippen molar-refractivity contribution in [1.29, 1.82) is 0 Å². The van der Waals surface area contributed by atoms with E-state index in [-0.39, 0.29) is 11.9 Å². The lowest BCUT2D eigenvalue weighted by Gasteiger charge is -2.33. The molecule has 0 radical (unpaired) electrons. The normalized spacial score (nSPS) is 15.0. The number of hydrogen-bond acceptors (Lipinski definition) is 5. The Morgan fingerprint density at radius 3 is 1.78 bits per heavy atom. The predicted octanol–water partition coefficient (Wildman–Crippen LogP) is 4.69. The minimum Gasteiger partial charge on any atom is -0.301 e. The van der Waals surface area contributed by atoms with Crippen molar-refractivity contribution >= 4 is 35.1 Å². The number of anilines is 1. The molecule has 0 atom stereocenters. The van der Waals surface area contributed by atoms with Crippen LogP contribution in [0.4, 0.5) is 5.95 Å². The van der Waals surface area contributed by atoms with Crippen molar-refractivity contribution in [3.8, 4) is 22.5 Å². The number of benzene rings is 2. The van der Waals surface area contributed by atoms with Crippen molar-refractivity contribution in [1.82, 2.24) is 19.8 Å². The molecule has 1 aromatic heterocycles. The molecule has 1 saturated heterocycles. The zero-order chi connectivity index (χ0) is 22.5. The summed E-state index contributed by atoms with van der Waals surface area (Å²) in [4.78, 5) is 26.5. The second-order valence-corrected chi connectivity index (χ2v) is 8.61. The van der Waals surface area contributed by atoms with Gasteiger partial charge in [-0.15, -0.1) is 0 Å². The second kappa shape index (κ2) is 10.4. The molecule has 4 rings (SSSR count). The molecule has 0 spiro atoms. The van der Waals surface area contributed by atoms with Crippen LogP contribution in [-0.4, -0.2) is 64.9 Å². The van der Waals surface area contributed by atoms with E-state index >= 15 is 0 Å². The van der Waals surface area contributed by atoms with Gasteiger partial charge >= 0.3 is 0 Å². The Morgan fingerprint density at radius 1 is 0.844 bits per heavy atom. The van der Waals surface area contributed by atoms with Gasteiger partial charge in [-0.25, -0.2) is 9.97 Å². The maximum Gasteiger partial charge on any atom is 0.240 e. The third kappa shape index (κ3) is 5.84. The van der Waals surface area contributed by atoms with Crippen molar-refractivity contribution in [2.24, 2.45) is 0 Å². The fourth-order valence-corrected chi connectivity index (χ4v) is 3.92. The number of carbonyl (C=O) groups is 1. The maximum atomic E-state index is 12.7. The lowest BCUT2D eigenvalue weighted by molar-refractivity contribution is -0.117. The zero-order valence-electron chi connectivity index (χ0n) is 17.9. The average Bonchev–Trinajstić information content (AvgIpc) is 2.80. The number of nitrogens with one attached hydrogen (secondary N) is 1. The molecule has 1 aliphatic heterocycles. The molecule has 0 unspecified atom stereocenters. The third-order valence-electron chi connectivity index (χ3n) is 5.54. The standard InChI is InChI=1S/C24H25Cl2N5O/c1-2-30-11-13-31(14-12-30)16-23(32)29-24-27-21(17-3-7-19(25)8-4-17)15-22(28-24)18-5-9-20(26)10-6-18/h3-10,15H,2,11-14,16H2,1H3,(H,27,28,29,32). The quantitative estimate of drug-likeness (QED) is 0.566. The van der Waals surface area contributed by atoms with Gasteiger partial charge in [0.25, 0.3) is 0 Å². The number of aromatic nitrogens is 2. The Morgan fingerprint density at radius 2 is 1.31 bits per heavy atom. The lowest BCUT2D eigenvalue weighted by atomic mass is 10.1. The Hall–Kier alpha value is -2.51. The minimum atomic E-state index is -0.120. The van der Waals surface area contributed by atoms with Gasteiger partial charge in [-0.05, 0) is 36.9 Å². The molecule has 1 aliphatic rings. The summed E-state index contributed by atoms with van der Waals surface area (Å²) in [6.07, 6.45) is 0. The molecule has 3 aromatic rings. The first kappa shape index (κ1) is 22.7. The highest BCUT2D eigenvalue weighted by Crippen LogP contribution is 2.27. The number of piperazine rings is 1. The van der Waals surface area contributed by atoms with Gasteiger partial charge in [-0.3, -0.25) is 15.0 Å². The van der Waals surface area contributed by atoms with Crippen molar-refractivity contribution in [2.45, 2.75) is 6.92 Å². The van der Waals surface area contributed by atoms with Gasteiger partial charge in [0, 0.05) is 47.4 Å². The predicted molar refractivity (Wildman–Crippen MR) is 130 cm³/mol. The first-order valence-electron chi connectivity index (χ1n) is 10.7. The van der Waals surface area contributed by atoms with Gasteiger partial charge in [0.15, 0.2) is 0 Å². The van der Waals surface area contributed by atoms with Crippen molar-refractivity contribution in [2.75, 3.05) is 44.6 Å². The summed E-state index contributed by atoms with van der Waals surface area (Å²) in [5, 5.41) is 4.19. The topological polar surface area (TPSA) is 61.4 Å². The molecule has 6 nitrogen and oxygen atoms in total. The lowest BCUT2D eigenvalue weighted by Crippen LogP contribution is -2.48. The fraction of sp³-hybridized carbons (Fsp3) is 0.292. The highest BCUT2D eigenvalue weighted by atomic mass is 35.5. The summed E-state index contributed by atoms with van der Waals surface area (Å²) in [5.74, 6) is 0.157. The summed E-state index contributed by atoms with van der Waals surface area (Å²) >= 11 is 12.1. The van der Waals surface area contributed by atoms with Crippen molar-refractivity contribution in [3.63, 3.8) is 0 Å². The van der Waals surface area contributed by atoms with Crippen molar-refractivity contribution < 1.29 is 4.79 Å². The van der Waals surface area contributed by atoms with Crippen LogP contribution in [0.25, 0.3) is 22.5 Å². The third-order valence-corrected chi connectivity index (χ3v) is 6.04. The van der Waals surface area contributed by atoms with Gasteiger partial charge in [-0.2, -0.15) is 0 Å². The molecule has 2 aromatic carbocycles. The number of amides is 1. The number of likely N-dealkylation sites (N-methyl/N-ethyl adjacent to an activating group) is 1. The van der Waals surface area contributed by atoms with Crippen LogP contribution in [0.5, 0.6) is 0 Å². The average molecular weight is 470 g/mol. The largest absolute Gasteiger partial charge is 0.301 e. The Balaban J connectivity index is 1.57. The van der Waals surface area contributed by atoms with Crippen LogP contribution in [0, 0.1) is 0 Å². The summed E-state index contributed by atoms with van der Waals surface area (Å²) in [6, 6.07) is 16.7. The van der Waals surface area contributed by atoms with E-state index < -0.39 is 0 Å². The number of carbonyl (C=O) groups excluding carboxylic acids is 1. The number of halogens is 2. The number of rotatable bonds is 6. The fourth-order valence-electron chi connectivity index (χ4n) is 3.67. The van der Waals surface area contributed by atoms with E-state index in [9.17, 15) is 4.79 Å². The maximum absolute atomic E-state index is 12.7. The molecule has 0 saturated carbocycles. The zero-order valence-corrected chi connectivity index (χ0v) is 19.4. The monoisotopic (exact) mass is 469 g/mol. The molecule has 8 heteroatoms. The van der Waals surface area contributed by atoms with E-state index in [1.807, 2.05) is 54.6 Å². The highest BCUT2D eigenvalue weighted by Gasteiger charge is 2.19. The van der Waals surface area contributed by atoms with Crippen LogP contribution in [0.2, 0.25) is 10.0 Å². The molecule has 1 amide bonds. The van der Waals surface area contributed by atoms with E-state index in [0.717, 1.165) is 43.9 Å². The van der Waals surface area contributed by atoms with Gasteiger partial charge in [0.1, 0.15) is 0 Å². The van der Waals surface area contributed by atoms with E-state index in [2.05, 4.69) is 32.0 Å².